The molecule has 0 radical (unpaired) electrons. The van der Waals surface area contributed by atoms with Crippen molar-refractivity contribution in [1.29, 1.82) is 0 Å². The number of rotatable bonds is 10. The first-order valence-electron chi connectivity index (χ1n) is 13.3. The van der Waals surface area contributed by atoms with Gasteiger partial charge in [0.05, 0.1) is 29.2 Å². The second-order valence-corrected chi connectivity index (χ2v) is 12.1. The van der Waals surface area contributed by atoms with E-state index in [1.165, 1.54) is 24.4 Å². The van der Waals surface area contributed by atoms with Crippen LogP contribution in [0.5, 0.6) is 0 Å². The normalized spacial score (nSPS) is 17.5. The molecule has 2 N–H and O–H groups in total. The van der Waals surface area contributed by atoms with Crippen molar-refractivity contribution in [2.24, 2.45) is 0 Å². The Morgan fingerprint density at radius 1 is 1.15 bits per heavy atom. The van der Waals surface area contributed by atoms with Crippen molar-refractivity contribution >= 4 is 21.7 Å². The molecule has 3 atom stereocenters. The van der Waals surface area contributed by atoms with Crippen LogP contribution in [0.4, 0.5) is 4.39 Å². The van der Waals surface area contributed by atoms with Crippen LogP contribution in [0.3, 0.4) is 0 Å². The van der Waals surface area contributed by atoms with Gasteiger partial charge in [-0.1, -0.05) is 31.2 Å². The van der Waals surface area contributed by atoms with Gasteiger partial charge < -0.3 is 9.88 Å². The van der Waals surface area contributed by atoms with E-state index in [2.05, 4.69) is 14.7 Å². The third-order valence-corrected chi connectivity index (χ3v) is 8.71. The maximum Gasteiger partial charge on any atom is 0.241 e. The van der Waals surface area contributed by atoms with E-state index < -0.39 is 27.8 Å². The Morgan fingerprint density at radius 2 is 1.90 bits per heavy atom. The Labute approximate surface area is 229 Å². The quantitative estimate of drug-likeness (QED) is 0.377. The lowest BCUT2D eigenvalue weighted by atomic mass is 9.97. The summed E-state index contributed by atoms with van der Waals surface area (Å²) in [6.07, 6.45) is 3.97. The van der Waals surface area contributed by atoms with Gasteiger partial charge in [-0.2, -0.15) is 0 Å². The van der Waals surface area contributed by atoms with Crippen LogP contribution in [0, 0.1) is 12.7 Å². The van der Waals surface area contributed by atoms with Crippen LogP contribution in [0.1, 0.15) is 63.3 Å². The molecule has 2 heterocycles. The van der Waals surface area contributed by atoms with Gasteiger partial charge in [-0.3, -0.25) is 9.59 Å². The first-order chi connectivity index (χ1) is 18.5. The lowest BCUT2D eigenvalue weighted by Crippen LogP contribution is -2.48. The second-order valence-electron chi connectivity index (χ2n) is 10.4. The maximum absolute atomic E-state index is 14.5. The number of Topliss-reactive ketones (excluding diaryl/α,β-unsaturated/α-hetero) is 1. The predicted molar refractivity (Wildman–Crippen MR) is 147 cm³/mol. The monoisotopic (exact) mass is 554 g/mol. The molecule has 10 heteroatoms. The number of hydrogen-bond acceptors (Lipinski definition) is 5. The third kappa shape index (κ3) is 6.99. The van der Waals surface area contributed by atoms with Crippen LogP contribution in [0.15, 0.2) is 59.6 Å². The molecule has 0 bridgehead atoms. The number of H-pyrrole nitrogens is 1. The molecular weight excluding hydrogens is 519 g/mol. The molecular formula is C29H35FN4O4S. The van der Waals surface area contributed by atoms with Gasteiger partial charge in [0.1, 0.15) is 11.6 Å². The lowest BCUT2D eigenvalue weighted by Gasteiger charge is -2.34. The van der Waals surface area contributed by atoms with Crippen LogP contribution in [0.2, 0.25) is 0 Å². The predicted octanol–water partition coefficient (Wildman–Crippen LogP) is 4.73. The van der Waals surface area contributed by atoms with Crippen molar-refractivity contribution in [1.82, 2.24) is 19.6 Å². The van der Waals surface area contributed by atoms with E-state index in [-0.39, 0.29) is 35.5 Å². The Hall–Kier alpha value is -3.37. The number of carbonyl (C=O) groups excluding carboxylic acids is 2. The zero-order chi connectivity index (χ0) is 28.2. The van der Waals surface area contributed by atoms with Crippen molar-refractivity contribution in [2.45, 2.75) is 75.8 Å². The summed E-state index contributed by atoms with van der Waals surface area (Å²) in [5.41, 5.74) is 1.65. The number of nitrogens with one attached hydrogen (secondary N) is 2. The van der Waals surface area contributed by atoms with Gasteiger partial charge in [0.15, 0.2) is 5.78 Å². The second kappa shape index (κ2) is 12.2. The molecule has 0 spiro atoms. The molecule has 1 aliphatic rings. The number of aromatic nitrogens is 2. The number of piperidine rings is 1. The number of hydrogen-bond donors (Lipinski definition) is 2. The number of aromatic amines is 1. The van der Waals surface area contributed by atoms with E-state index in [0.717, 1.165) is 24.8 Å². The van der Waals surface area contributed by atoms with Crippen LogP contribution in [-0.2, 0) is 19.6 Å². The number of benzene rings is 2. The van der Waals surface area contributed by atoms with Crippen LogP contribution in [-0.4, -0.2) is 53.6 Å². The summed E-state index contributed by atoms with van der Waals surface area (Å²) in [4.78, 5) is 35.9. The molecule has 208 valence electrons. The zero-order valence-electron chi connectivity index (χ0n) is 22.5. The SMILES string of the molecule is Cc1ccc(-c2cnc([C@H](C)CC(=O)[C@H](CC(=O)N3CCCC[C@@H]3C)NS(=O)(=O)c3ccccc3)[nH]2)c(F)c1. The number of amides is 1. The molecule has 1 aliphatic heterocycles. The van der Waals surface area contributed by atoms with Crippen molar-refractivity contribution in [2.75, 3.05) is 6.54 Å². The van der Waals surface area contributed by atoms with Crippen molar-refractivity contribution < 1.29 is 22.4 Å². The van der Waals surface area contributed by atoms with Gasteiger partial charge >= 0.3 is 0 Å². The fourth-order valence-electron chi connectivity index (χ4n) is 4.94. The molecule has 2 aromatic carbocycles. The minimum atomic E-state index is -4.04. The molecule has 4 rings (SSSR count). The molecule has 8 nitrogen and oxygen atoms in total. The number of halogens is 1. The van der Waals surface area contributed by atoms with Gasteiger partial charge in [-0.25, -0.2) is 22.5 Å². The number of imidazole rings is 1. The largest absolute Gasteiger partial charge is 0.342 e. The summed E-state index contributed by atoms with van der Waals surface area (Å²) in [6.45, 7) is 6.14. The van der Waals surface area contributed by atoms with Gasteiger partial charge in [-0.15, -0.1) is 0 Å². The topological polar surface area (TPSA) is 112 Å². The summed E-state index contributed by atoms with van der Waals surface area (Å²) >= 11 is 0. The Morgan fingerprint density at radius 3 is 2.59 bits per heavy atom. The van der Waals surface area contributed by atoms with Crippen molar-refractivity contribution in [3.8, 4) is 11.3 Å². The van der Waals surface area contributed by atoms with Gasteiger partial charge in [-0.05, 0) is 62.9 Å². The van der Waals surface area contributed by atoms with E-state index >= 15 is 0 Å². The van der Waals surface area contributed by atoms with Gasteiger partial charge in [0.25, 0.3) is 0 Å². The van der Waals surface area contributed by atoms with Crippen LogP contribution < -0.4 is 4.72 Å². The number of ketones is 1. The van der Waals surface area contributed by atoms with E-state index in [4.69, 9.17) is 0 Å². The van der Waals surface area contributed by atoms with E-state index in [1.807, 2.05) is 6.92 Å². The average molecular weight is 555 g/mol. The molecule has 1 aromatic heterocycles. The standard InChI is InChI=1S/C29H35FN4O4S/c1-19-12-13-23(24(30)15-19)26-18-31-29(32-26)20(2)16-27(35)25(17-28(36)34-14-8-7-9-21(34)3)33-39(37,38)22-10-5-4-6-11-22/h4-6,10-13,15,18,20-21,25,33H,7-9,14,16-17H2,1-3H3,(H,31,32)/t20-,21+,25+/m1/s1. The van der Waals surface area contributed by atoms with Gasteiger partial charge in [0.2, 0.25) is 15.9 Å². The molecule has 1 amide bonds. The Balaban J connectivity index is 1.53. The summed E-state index contributed by atoms with van der Waals surface area (Å²) in [7, 11) is -4.04. The van der Waals surface area contributed by atoms with Crippen molar-refractivity contribution in [3.05, 3.63) is 71.9 Å². The number of aryl methyl sites for hydroxylation is 1. The minimum Gasteiger partial charge on any atom is -0.342 e. The van der Waals surface area contributed by atoms with Crippen LogP contribution in [0.25, 0.3) is 11.3 Å². The number of nitrogens with zero attached hydrogens (tertiary/aromatic N) is 2. The third-order valence-electron chi connectivity index (χ3n) is 7.23. The average Bonchev–Trinajstić information content (AvgIpc) is 3.39. The first-order valence-corrected chi connectivity index (χ1v) is 14.7. The zero-order valence-corrected chi connectivity index (χ0v) is 23.3. The molecule has 0 aliphatic carbocycles. The highest BCUT2D eigenvalue weighted by Gasteiger charge is 2.32. The van der Waals surface area contributed by atoms with Gasteiger partial charge in [0, 0.05) is 30.5 Å². The smallest absolute Gasteiger partial charge is 0.241 e. The molecule has 0 saturated carbocycles. The van der Waals surface area contributed by atoms with Crippen LogP contribution >= 0.6 is 0 Å². The number of carbonyl (C=O) groups is 2. The summed E-state index contributed by atoms with van der Waals surface area (Å²) in [6, 6.07) is 11.5. The Bertz CT molecular complexity index is 1420. The summed E-state index contributed by atoms with van der Waals surface area (Å²) < 4.78 is 43.1. The highest BCUT2D eigenvalue weighted by atomic mass is 32.2. The molecule has 3 aromatic rings. The molecule has 0 unspecified atom stereocenters. The molecule has 1 saturated heterocycles. The highest BCUT2D eigenvalue weighted by Crippen LogP contribution is 2.26. The lowest BCUT2D eigenvalue weighted by molar-refractivity contribution is -0.137. The highest BCUT2D eigenvalue weighted by molar-refractivity contribution is 7.89. The fraction of sp³-hybridized carbons (Fsp3) is 0.414. The molecule has 39 heavy (non-hydrogen) atoms. The van der Waals surface area contributed by atoms with E-state index in [1.54, 1.807) is 49.1 Å². The molecule has 1 fully saturated rings. The Kier molecular flexibility index (Phi) is 8.97. The number of likely N-dealkylation sites (tertiary alicyclic amines) is 1. The van der Waals surface area contributed by atoms with E-state index in [0.29, 0.717) is 23.6 Å². The van der Waals surface area contributed by atoms with E-state index in [9.17, 15) is 22.4 Å². The summed E-state index contributed by atoms with van der Waals surface area (Å²) in [5, 5.41) is 0. The first kappa shape index (κ1) is 28.6. The van der Waals surface area contributed by atoms with Crippen molar-refractivity contribution in [3.63, 3.8) is 0 Å². The number of sulfonamides is 1. The minimum absolute atomic E-state index is 0.0189. The summed E-state index contributed by atoms with van der Waals surface area (Å²) in [5.74, 6) is -1.00. The fourth-order valence-corrected chi connectivity index (χ4v) is 6.18. The maximum atomic E-state index is 14.5.